The highest BCUT2D eigenvalue weighted by Gasteiger charge is 2.06. The van der Waals surface area contributed by atoms with Crippen molar-refractivity contribution in [2.45, 2.75) is 6.54 Å². The monoisotopic (exact) mass is 270 g/mol. The lowest BCUT2D eigenvalue weighted by atomic mass is 10.1. The van der Waals surface area contributed by atoms with Gasteiger partial charge in [-0.25, -0.2) is 4.79 Å². The Morgan fingerprint density at radius 3 is 2.30 bits per heavy atom. The summed E-state index contributed by atoms with van der Waals surface area (Å²) >= 11 is 0. The largest absolute Gasteiger partial charge is 0.465 e. The van der Waals surface area contributed by atoms with Crippen LogP contribution >= 0.6 is 0 Å². The predicted octanol–water partition coefficient (Wildman–Crippen LogP) is 1.80. The molecule has 0 fully saturated rings. The van der Waals surface area contributed by atoms with Crippen LogP contribution in [0.15, 0.2) is 48.8 Å². The average Bonchev–Trinajstić information content (AvgIpc) is 2.53. The van der Waals surface area contributed by atoms with Gasteiger partial charge in [-0.1, -0.05) is 12.1 Å². The van der Waals surface area contributed by atoms with Crippen molar-refractivity contribution in [1.82, 2.24) is 10.3 Å². The van der Waals surface area contributed by atoms with Crippen molar-refractivity contribution in [3.63, 3.8) is 0 Å². The molecule has 0 aliphatic rings. The van der Waals surface area contributed by atoms with Crippen molar-refractivity contribution < 1.29 is 14.3 Å². The van der Waals surface area contributed by atoms with Crippen molar-refractivity contribution in [1.29, 1.82) is 0 Å². The van der Waals surface area contributed by atoms with E-state index >= 15 is 0 Å². The standard InChI is InChI=1S/C15H14N2O3/c1-20-15(19)13-4-2-11(3-5-13)10-17-14(18)12-6-8-16-9-7-12/h2-9H,10H2,1H3,(H,17,18). The first kappa shape index (κ1) is 13.7. The van der Waals surface area contributed by atoms with E-state index in [4.69, 9.17) is 0 Å². The summed E-state index contributed by atoms with van der Waals surface area (Å²) in [6.07, 6.45) is 3.14. The van der Waals surface area contributed by atoms with Gasteiger partial charge in [-0.3, -0.25) is 9.78 Å². The number of benzene rings is 1. The lowest BCUT2D eigenvalue weighted by molar-refractivity contribution is 0.0600. The summed E-state index contributed by atoms with van der Waals surface area (Å²) < 4.78 is 4.62. The number of carbonyl (C=O) groups excluding carboxylic acids is 2. The zero-order valence-corrected chi connectivity index (χ0v) is 11.0. The number of esters is 1. The van der Waals surface area contributed by atoms with Gasteiger partial charge in [0.1, 0.15) is 0 Å². The summed E-state index contributed by atoms with van der Waals surface area (Å²) in [7, 11) is 1.34. The maximum absolute atomic E-state index is 11.8. The summed E-state index contributed by atoms with van der Waals surface area (Å²) in [5.74, 6) is -0.540. The number of rotatable bonds is 4. The van der Waals surface area contributed by atoms with Crippen LogP contribution in [0.5, 0.6) is 0 Å². The third-order valence-electron chi connectivity index (χ3n) is 2.77. The van der Waals surface area contributed by atoms with Crippen molar-refractivity contribution in [3.05, 3.63) is 65.5 Å². The van der Waals surface area contributed by atoms with Crippen LogP contribution in [0.1, 0.15) is 26.3 Å². The SMILES string of the molecule is COC(=O)c1ccc(CNC(=O)c2ccncc2)cc1. The number of pyridine rings is 1. The molecule has 1 amide bonds. The van der Waals surface area contributed by atoms with Crippen LogP contribution in [0, 0.1) is 0 Å². The number of nitrogens with one attached hydrogen (secondary N) is 1. The van der Waals surface area contributed by atoms with Gasteiger partial charge < -0.3 is 10.1 Å². The molecule has 20 heavy (non-hydrogen) atoms. The van der Waals surface area contributed by atoms with E-state index in [9.17, 15) is 9.59 Å². The number of hydrogen-bond acceptors (Lipinski definition) is 4. The Morgan fingerprint density at radius 1 is 1.05 bits per heavy atom. The van der Waals surface area contributed by atoms with E-state index in [0.29, 0.717) is 17.7 Å². The molecule has 2 rings (SSSR count). The normalized spacial score (nSPS) is 9.85. The molecule has 1 N–H and O–H groups in total. The fourth-order valence-corrected chi connectivity index (χ4v) is 1.66. The average molecular weight is 270 g/mol. The summed E-state index contributed by atoms with van der Waals surface area (Å²) in [4.78, 5) is 27.0. The molecule has 0 atom stereocenters. The maximum atomic E-state index is 11.8. The number of amides is 1. The van der Waals surface area contributed by atoms with Crippen molar-refractivity contribution >= 4 is 11.9 Å². The molecule has 1 aromatic heterocycles. The van der Waals surface area contributed by atoms with Gasteiger partial charge in [0.05, 0.1) is 12.7 Å². The highest BCUT2D eigenvalue weighted by atomic mass is 16.5. The number of nitrogens with zero attached hydrogens (tertiary/aromatic N) is 1. The van der Waals surface area contributed by atoms with Gasteiger partial charge in [-0.05, 0) is 29.8 Å². The molecule has 0 spiro atoms. The van der Waals surface area contributed by atoms with Gasteiger partial charge in [0.15, 0.2) is 0 Å². The molecule has 0 saturated carbocycles. The maximum Gasteiger partial charge on any atom is 0.337 e. The molecule has 1 heterocycles. The predicted molar refractivity (Wildman–Crippen MR) is 73.2 cm³/mol. The van der Waals surface area contributed by atoms with E-state index in [2.05, 4.69) is 15.0 Å². The van der Waals surface area contributed by atoms with Gasteiger partial charge in [0.2, 0.25) is 0 Å². The number of aromatic nitrogens is 1. The van der Waals surface area contributed by atoms with E-state index in [0.717, 1.165) is 5.56 Å². The third-order valence-corrected chi connectivity index (χ3v) is 2.77. The Morgan fingerprint density at radius 2 is 1.70 bits per heavy atom. The molecular weight excluding hydrogens is 256 g/mol. The first-order chi connectivity index (χ1) is 9.70. The minimum absolute atomic E-state index is 0.163. The summed E-state index contributed by atoms with van der Waals surface area (Å²) in [6, 6.07) is 10.2. The fourth-order valence-electron chi connectivity index (χ4n) is 1.66. The molecule has 0 saturated heterocycles. The smallest absolute Gasteiger partial charge is 0.337 e. The Kier molecular flexibility index (Phi) is 4.44. The van der Waals surface area contributed by atoms with E-state index in [1.54, 1.807) is 48.8 Å². The van der Waals surface area contributed by atoms with E-state index < -0.39 is 0 Å². The number of ether oxygens (including phenoxy) is 1. The summed E-state index contributed by atoms with van der Waals surface area (Å²) in [6.45, 7) is 0.391. The summed E-state index contributed by atoms with van der Waals surface area (Å²) in [5, 5.41) is 2.80. The lowest BCUT2D eigenvalue weighted by Gasteiger charge is -2.06. The Balaban J connectivity index is 1.94. The zero-order valence-electron chi connectivity index (χ0n) is 11.0. The second-order valence-electron chi connectivity index (χ2n) is 4.11. The van der Waals surface area contributed by atoms with Gasteiger partial charge in [0, 0.05) is 24.5 Å². The second-order valence-corrected chi connectivity index (χ2v) is 4.11. The summed E-state index contributed by atoms with van der Waals surface area (Å²) in [5.41, 5.74) is 1.95. The molecule has 2 aromatic rings. The van der Waals surface area contributed by atoms with Crippen molar-refractivity contribution in [3.8, 4) is 0 Å². The third kappa shape index (κ3) is 3.41. The molecule has 5 heteroatoms. The highest BCUT2D eigenvalue weighted by Crippen LogP contribution is 2.06. The quantitative estimate of drug-likeness (QED) is 0.860. The molecule has 0 bridgehead atoms. The molecular formula is C15H14N2O3. The molecule has 5 nitrogen and oxygen atoms in total. The van der Waals surface area contributed by atoms with Crippen LogP contribution in [0.2, 0.25) is 0 Å². The fraction of sp³-hybridized carbons (Fsp3) is 0.133. The molecule has 0 aliphatic heterocycles. The van der Waals surface area contributed by atoms with Crippen LogP contribution in [-0.2, 0) is 11.3 Å². The van der Waals surface area contributed by atoms with Gasteiger partial charge in [-0.2, -0.15) is 0 Å². The number of carbonyl (C=O) groups is 2. The Labute approximate surface area is 116 Å². The molecule has 0 aliphatic carbocycles. The van der Waals surface area contributed by atoms with Crippen LogP contribution in [-0.4, -0.2) is 24.0 Å². The zero-order chi connectivity index (χ0) is 14.4. The Hall–Kier alpha value is -2.69. The van der Waals surface area contributed by atoms with E-state index in [1.807, 2.05) is 0 Å². The molecule has 0 unspecified atom stereocenters. The second kappa shape index (κ2) is 6.47. The van der Waals surface area contributed by atoms with Gasteiger partial charge in [0.25, 0.3) is 5.91 Å². The van der Waals surface area contributed by atoms with Gasteiger partial charge in [-0.15, -0.1) is 0 Å². The van der Waals surface area contributed by atoms with Gasteiger partial charge >= 0.3 is 5.97 Å². The molecule has 0 radical (unpaired) electrons. The van der Waals surface area contributed by atoms with Crippen molar-refractivity contribution in [2.24, 2.45) is 0 Å². The first-order valence-corrected chi connectivity index (χ1v) is 6.06. The first-order valence-electron chi connectivity index (χ1n) is 6.06. The minimum atomic E-state index is -0.377. The number of hydrogen-bond donors (Lipinski definition) is 1. The van der Waals surface area contributed by atoms with E-state index in [-0.39, 0.29) is 11.9 Å². The topological polar surface area (TPSA) is 68.3 Å². The number of methoxy groups -OCH3 is 1. The van der Waals surface area contributed by atoms with Crippen LogP contribution in [0.25, 0.3) is 0 Å². The molecule has 1 aromatic carbocycles. The van der Waals surface area contributed by atoms with Crippen LogP contribution in [0.4, 0.5) is 0 Å². The Bertz CT molecular complexity index is 594. The lowest BCUT2D eigenvalue weighted by Crippen LogP contribution is -2.22. The van der Waals surface area contributed by atoms with Crippen molar-refractivity contribution in [2.75, 3.05) is 7.11 Å². The van der Waals surface area contributed by atoms with Crippen LogP contribution in [0.3, 0.4) is 0 Å². The highest BCUT2D eigenvalue weighted by molar-refractivity contribution is 5.94. The molecule has 102 valence electrons. The minimum Gasteiger partial charge on any atom is -0.465 e. The van der Waals surface area contributed by atoms with Crippen LogP contribution < -0.4 is 5.32 Å². The van der Waals surface area contributed by atoms with E-state index in [1.165, 1.54) is 7.11 Å².